The van der Waals surface area contributed by atoms with Gasteiger partial charge in [0.2, 0.25) is 0 Å². The minimum absolute atomic E-state index is 0.550. The number of methoxy groups -OCH3 is 1. The Balaban J connectivity index is 3.14. The number of aliphatic carboxylic acids is 1. The summed E-state index contributed by atoms with van der Waals surface area (Å²) in [7, 11) is 1.43. The van der Waals surface area contributed by atoms with Crippen molar-refractivity contribution in [3.8, 4) is 0 Å². The average molecular weight is 236 g/mol. The zero-order valence-corrected chi connectivity index (χ0v) is 10.9. The van der Waals surface area contributed by atoms with Crippen molar-refractivity contribution in [2.45, 2.75) is 38.7 Å². The maximum atomic E-state index is 11.2. The third-order valence-corrected chi connectivity index (χ3v) is 3.19. The number of aryl methyl sites for hydroxylation is 1. The highest BCUT2D eigenvalue weighted by Gasteiger charge is 2.36. The number of carboxylic acid groups (broad SMARTS) is 1. The van der Waals surface area contributed by atoms with Gasteiger partial charge in [0.1, 0.15) is 0 Å². The summed E-state index contributed by atoms with van der Waals surface area (Å²) in [6, 6.07) is 8.01. The first-order chi connectivity index (χ1) is 7.93. The fourth-order valence-electron chi connectivity index (χ4n) is 2.05. The normalized spacial score (nSPS) is 13.4. The van der Waals surface area contributed by atoms with E-state index in [2.05, 4.69) is 13.0 Å². The van der Waals surface area contributed by atoms with Crippen LogP contribution in [0.1, 0.15) is 31.9 Å². The number of ether oxygens (including phenoxy) is 1. The molecule has 17 heavy (non-hydrogen) atoms. The largest absolute Gasteiger partial charge is 0.479 e. The molecule has 0 heterocycles. The molecule has 0 fully saturated rings. The van der Waals surface area contributed by atoms with Crippen molar-refractivity contribution in [2.75, 3.05) is 7.11 Å². The van der Waals surface area contributed by atoms with Gasteiger partial charge < -0.3 is 9.84 Å². The third kappa shape index (κ3) is 2.86. The molecule has 3 nitrogen and oxygen atoms in total. The maximum absolute atomic E-state index is 11.2. The summed E-state index contributed by atoms with van der Waals surface area (Å²) < 4.78 is 5.10. The molecule has 1 aromatic carbocycles. The number of benzene rings is 1. The predicted octanol–water partition coefficient (Wildman–Crippen LogP) is 2.63. The fourth-order valence-corrected chi connectivity index (χ4v) is 2.05. The molecule has 94 valence electrons. The molecule has 1 unspecified atom stereocenters. The lowest BCUT2D eigenvalue weighted by Gasteiger charge is -2.31. The second kappa shape index (κ2) is 5.32. The average Bonchev–Trinajstić information content (AvgIpc) is 2.29. The van der Waals surface area contributed by atoms with Crippen molar-refractivity contribution in [3.63, 3.8) is 0 Å². The molecule has 1 atom stereocenters. The van der Waals surface area contributed by atoms with E-state index in [1.807, 2.05) is 32.0 Å². The molecule has 1 rings (SSSR count). The van der Waals surface area contributed by atoms with Crippen LogP contribution < -0.4 is 0 Å². The van der Waals surface area contributed by atoms with Gasteiger partial charge in [-0.3, -0.25) is 0 Å². The summed E-state index contributed by atoms with van der Waals surface area (Å²) in [5.41, 5.74) is 1.65. The number of hydrogen-bond donors (Lipinski definition) is 1. The van der Waals surface area contributed by atoms with E-state index in [9.17, 15) is 9.90 Å². The first kappa shape index (κ1) is 13.7. The first-order valence-electron chi connectivity index (χ1n) is 5.78. The molecule has 0 aromatic heterocycles. The lowest BCUT2D eigenvalue weighted by molar-refractivity contribution is -0.152. The molecule has 0 aliphatic heterocycles. The Morgan fingerprint density at radius 1 is 1.47 bits per heavy atom. The summed E-state index contributed by atoms with van der Waals surface area (Å²) >= 11 is 0. The van der Waals surface area contributed by atoms with Crippen molar-refractivity contribution in [3.05, 3.63) is 35.4 Å². The van der Waals surface area contributed by atoms with E-state index in [4.69, 9.17) is 4.74 Å². The van der Waals surface area contributed by atoms with Crippen molar-refractivity contribution in [1.82, 2.24) is 0 Å². The topological polar surface area (TPSA) is 46.5 Å². The first-order valence-corrected chi connectivity index (χ1v) is 5.78. The standard InChI is InChI=1S/C14H20O3/c1-5-10-7-6-8-11(9-10)14(2,3)12(17-4)13(15)16/h6-9,12H,5H2,1-4H3,(H,15,16). The van der Waals surface area contributed by atoms with Gasteiger partial charge in [-0.2, -0.15) is 0 Å². The van der Waals surface area contributed by atoms with Crippen LogP contribution in [-0.2, 0) is 21.4 Å². The highest BCUT2D eigenvalue weighted by atomic mass is 16.5. The van der Waals surface area contributed by atoms with Crippen LogP contribution in [0.2, 0.25) is 0 Å². The summed E-state index contributed by atoms with van der Waals surface area (Å²) in [5, 5.41) is 9.17. The quantitative estimate of drug-likeness (QED) is 0.854. The summed E-state index contributed by atoms with van der Waals surface area (Å²) in [5.74, 6) is -0.931. The summed E-state index contributed by atoms with van der Waals surface area (Å²) in [6.07, 6.45) is 0.101. The van der Waals surface area contributed by atoms with E-state index < -0.39 is 17.5 Å². The van der Waals surface area contributed by atoms with Crippen LogP contribution in [-0.4, -0.2) is 24.3 Å². The minimum atomic E-state index is -0.931. The van der Waals surface area contributed by atoms with E-state index in [1.165, 1.54) is 12.7 Å². The molecule has 0 spiro atoms. The predicted molar refractivity (Wildman–Crippen MR) is 67.3 cm³/mol. The zero-order valence-electron chi connectivity index (χ0n) is 10.9. The summed E-state index contributed by atoms with van der Waals surface area (Å²) in [6.45, 7) is 5.87. The second-order valence-corrected chi connectivity index (χ2v) is 4.73. The zero-order chi connectivity index (χ0) is 13.1. The Labute approximate surface area is 102 Å². The molecule has 3 heteroatoms. The van der Waals surface area contributed by atoms with Crippen molar-refractivity contribution < 1.29 is 14.6 Å². The highest BCUT2D eigenvalue weighted by Crippen LogP contribution is 2.29. The Morgan fingerprint density at radius 2 is 2.12 bits per heavy atom. The lowest BCUT2D eigenvalue weighted by Crippen LogP contribution is -2.41. The molecule has 0 saturated carbocycles. The number of rotatable bonds is 5. The van der Waals surface area contributed by atoms with Crippen LogP contribution in [0, 0.1) is 0 Å². The van der Waals surface area contributed by atoms with Gasteiger partial charge in [-0.1, -0.05) is 45.0 Å². The van der Waals surface area contributed by atoms with Gasteiger partial charge in [0.25, 0.3) is 0 Å². The van der Waals surface area contributed by atoms with E-state index >= 15 is 0 Å². The Hall–Kier alpha value is -1.35. The molecule has 0 bridgehead atoms. The highest BCUT2D eigenvalue weighted by molar-refractivity contribution is 5.74. The number of carbonyl (C=O) groups is 1. The molecule has 0 saturated heterocycles. The van der Waals surface area contributed by atoms with Crippen molar-refractivity contribution in [2.24, 2.45) is 0 Å². The van der Waals surface area contributed by atoms with Gasteiger partial charge in [0.05, 0.1) is 0 Å². The Morgan fingerprint density at radius 3 is 2.59 bits per heavy atom. The van der Waals surface area contributed by atoms with Gasteiger partial charge in [0, 0.05) is 12.5 Å². The van der Waals surface area contributed by atoms with Gasteiger partial charge >= 0.3 is 5.97 Å². The fraction of sp³-hybridized carbons (Fsp3) is 0.500. The van der Waals surface area contributed by atoms with E-state index in [0.29, 0.717) is 0 Å². The maximum Gasteiger partial charge on any atom is 0.333 e. The Bertz CT molecular complexity index is 396. The molecular weight excluding hydrogens is 216 g/mol. The Kier molecular flexibility index (Phi) is 4.29. The SMILES string of the molecule is CCc1cccc(C(C)(C)C(OC)C(=O)O)c1. The molecular formula is C14H20O3. The second-order valence-electron chi connectivity index (χ2n) is 4.73. The van der Waals surface area contributed by atoms with E-state index in [0.717, 1.165) is 12.0 Å². The molecule has 1 aromatic rings. The van der Waals surface area contributed by atoms with Gasteiger partial charge in [-0.05, 0) is 17.5 Å². The smallest absolute Gasteiger partial charge is 0.333 e. The lowest BCUT2D eigenvalue weighted by atomic mass is 9.78. The number of carboxylic acids is 1. The van der Waals surface area contributed by atoms with Crippen LogP contribution in [0.25, 0.3) is 0 Å². The molecule has 0 radical (unpaired) electrons. The summed E-state index contributed by atoms with van der Waals surface area (Å²) in [4.78, 5) is 11.2. The minimum Gasteiger partial charge on any atom is -0.479 e. The van der Waals surface area contributed by atoms with Gasteiger partial charge in [0.15, 0.2) is 6.10 Å². The van der Waals surface area contributed by atoms with E-state index in [-0.39, 0.29) is 0 Å². The molecule has 0 amide bonds. The third-order valence-electron chi connectivity index (χ3n) is 3.19. The van der Waals surface area contributed by atoms with Crippen LogP contribution in [0.3, 0.4) is 0 Å². The van der Waals surface area contributed by atoms with Crippen LogP contribution in [0.4, 0.5) is 0 Å². The van der Waals surface area contributed by atoms with Crippen LogP contribution >= 0.6 is 0 Å². The molecule has 0 aliphatic rings. The van der Waals surface area contributed by atoms with Gasteiger partial charge in [-0.15, -0.1) is 0 Å². The van der Waals surface area contributed by atoms with Crippen molar-refractivity contribution >= 4 is 5.97 Å². The van der Waals surface area contributed by atoms with Crippen LogP contribution in [0.15, 0.2) is 24.3 Å². The van der Waals surface area contributed by atoms with Gasteiger partial charge in [-0.25, -0.2) is 4.79 Å². The molecule has 1 N–H and O–H groups in total. The monoisotopic (exact) mass is 236 g/mol. The van der Waals surface area contributed by atoms with E-state index in [1.54, 1.807) is 0 Å². The van der Waals surface area contributed by atoms with Crippen molar-refractivity contribution in [1.29, 1.82) is 0 Å². The number of hydrogen-bond acceptors (Lipinski definition) is 2. The van der Waals surface area contributed by atoms with Crippen LogP contribution in [0.5, 0.6) is 0 Å². The molecule has 0 aliphatic carbocycles.